The molecular weight excluding hydrogens is 287 g/mol. The quantitative estimate of drug-likeness (QED) is 0.880. The molecule has 1 atom stereocenters. The lowest BCUT2D eigenvalue weighted by Gasteiger charge is -2.14. The monoisotopic (exact) mass is 306 g/mol. The van der Waals surface area contributed by atoms with E-state index in [1.54, 1.807) is 32.0 Å². The van der Waals surface area contributed by atoms with Gasteiger partial charge < -0.3 is 9.84 Å². The molecule has 2 aromatic rings. The molecule has 1 N–H and O–H groups in total. The first-order valence-corrected chi connectivity index (χ1v) is 7.01. The molecule has 118 valence electrons. The molecule has 6 heteroatoms. The molecule has 0 radical (unpaired) electrons. The molecule has 0 bridgehead atoms. The summed E-state index contributed by atoms with van der Waals surface area (Å²) >= 11 is 0. The molecular formula is C16H19FN2O3. The van der Waals surface area contributed by atoms with Crippen molar-refractivity contribution in [3.63, 3.8) is 0 Å². The number of hydrogen-bond acceptors (Lipinski definition) is 4. The first kappa shape index (κ1) is 16.3. The Labute approximate surface area is 128 Å². The summed E-state index contributed by atoms with van der Waals surface area (Å²) in [5, 5.41) is 9.93. The van der Waals surface area contributed by atoms with Gasteiger partial charge in [-0.1, -0.05) is 18.2 Å². The predicted molar refractivity (Wildman–Crippen MR) is 80.0 cm³/mol. The first-order chi connectivity index (χ1) is 10.5. The van der Waals surface area contributed by atoms with Gasteiger partial charge in [0, 0.05) is 16.8 Å². The van der Waals surface area contributed by atoms with Crippen LogP contribution in [0.25, 0.3) is 0 Å². The van der Waals surface area contributed by atoms with Crippen LogP contribution in [0, 0.1) is 19.7 Å². The van der Waals surface area contributed by atoms with Crippen LogP contribution in [-0.4, -0.2) is 27.4 Å². The van der Waals surface area contributed by atoms with Gasteiger partial charge in [0.15, 0.2) is 0 Å². The van der Waals surface area contributed by atoms with E-state index < -0.39 is 6.10 Å². The molecule has 0 spiro atoms. The van der Waals surface area contributed by atoms with Gasteiger partial charge in [-0.3, -0.25) is 9.36 Å². The molecule has 0 saturated carbocycles. The van der Waals surface area contributed by atoms with Crippen LogP contribution >= 0.6 is 0 Å². The fraction of sp³-hybridized carbons (Fsp3) is 0.375. The van der Waals surface area contributed by atoms with Gasteiger partial charge in [-0.25, -0.2) is 9.37 Å². The SMILES string of the molecule is Cc1ncn(C[C@H](O)COCc2ccccc2F)c(=O)c1C. The highest BCUT2D eigenvalue weighted by Crippen LogP contribution is 2.08. The van der Waals surface area contributed by atoms with E-state index in [0.29, 0.717) is 16.8 Å². The van der Waals surface area contributed by atoms with Crippen molar-refractivity contribution < 1.29 is 14.2 Å². The lowest BCUT2D eigenvalue weighted by molar-refractivity contribution is 0.0188. The summed E-state index contributed by atoms with van der Waals surface area (Å²) in [5.41, 5.74) is 1.48. The van der Waals surface area contributed by atoms with Crippen molar-refractivity contribution >= 4 is 0 Å². The van der Waals surface area contributed by atoms with Gasteiger partial charge in [0.25, 0.3) is 5.56 Å². The molecule has 0 aliphatic rings. The minimum atomic E-state index is -0.867. The molecule has 0 amide bonds. The van der Waals surface area contributed by atoms with Crippen molar-refractivity contribution in [1.29, 1.82) is 0 Å². The van der Waals surface area contributed by atoms with E-state index in [1.807, 2.05) is 0 Å². The zero-order valence-corrected chi connectivity index (χ0v) is 12.6. The van der Waals surface area contributed by atoms with Crippen molar-refractivity contribution in [2.24, 2.45) is 0 Å². The van der Waals surface area contributed by atoms with E-state index in [1.165, 1.54) is 17.0 Å². The lowest BCUT2D eigenvalue weighted by atomic mass is 10.2. The maximum absolute atomic E-state index is 13.4. The molecule has 0 aliphatic carbocycles. The molecule has 0 unspecified atom stereocenters. The molecule has 5 nitrogen and oxygen atoms in total. The molecule has 0 aliphatic heterocycles. The number of hydrogen-bond donors (Lipinski definition) is 1. The van der Waals surface area contributed by atoms with Gasteiger partial charge in [0.1, 0.15) is 5.82 Å². The number of aliphatic hydroxyl groups is 1. The third kappa shape index (κ3) is 3.99. The first-order valence-electron chi connectivity index (χ1n) is 7.01. The Hall–Kier alpha value is -2.05. The third-order valence-corrected chi connectivity index (χ3v) is 3.45. The Balaban J connectivity index is 1.89. The summed E-state index contributed by atoms with van der Waals surface area (Å²) in [6, 6.07) is 6.31. The van der Waals surface area contributed by atoms with E-state index in [4.69, 9.17) is 4.74 Å². The summed E-state index contributed by atoms with van der Waals surface area (Å²) in [6.45, 7) is 3.62. The standard InChI is InChI=1S/C16H19FN2O3/c1-11-12(2)18-10-19(16(11)21)7-14(20)9-22-8-13-5-3-4-6-15(13)17/h3-6,10,14,20H,7-9H2,1-2H3/t14-/m0/s1. The molecule has 0 saturated heterocycles. The molecule has 1 aromatic carbocycles. The Morgan fingerprint density at radius 2 is 2.09 bits per heavy atom. The largest absolute Gasteiger partial charge is 0.389 e. The van der Waals surface area contributed by atoms with Gasteiger partial charge in [0.05, 0.1) is 32.2 Å². The smallest absolute Gasteiger partial charge is 0.256 e. The van der Waals surface area contributed by atoms with Gasteiger partial charge in [-0.2, -0.15) is 0 Å². The molecule has 2 rings (SSSR count). The number of aryl methyl sites for hydroxylation is 1. The van der Waals surface area contributed by atoms with Gasteiger partial charge in [-0.05, 0) is 19.9 Å². The second-order valence-corrected chi connectivity index (χ2v) is 5.17. The third-order valence-electron chi connectivity index (χ3n) is 3.45. The zero-order valence-electron chi connectivity index (χ0n) is 12.6. The molecule has 1 aromatic heterocycles. The topological polar surface area (TPSA) is 64.3 Å². The number of halogens is 1. The Morgan fingerprint density at radius 1 is 1.36 bits per heavy atom. The number of rotatable bonds is 6. The minimum absolute atomic E-state index is 0.00764. The van der Waals surface area contributed by atoms with Crippen LogP contribution in [0.4, 0.5) is 4.39 Å². The Morgan fingerprint density at radius 3 is 2.82 bits per heavy atom. The average Bonchev–Trinajstić information content (AvgIpc) is 2.50. The van der Waals surface area contributed by atoms with Gasteiger partial charge in [-0.15, -0.1) is 0 Å². The number of ether oxygens (including phenoxy) is 1. The van der Waals surface area contributed by atoms with Crippen LogP contribution < -0.4 is 5.56 Å². The number of aliphatic hydroxyl groups excluding tert-OH is 1. The van der Waals surface area contributed by atoms with Gasteiger partial charge in [0.2, 0.25) is 0 Å². The van der Waals surface area contributed by atoms with Crippen LogP contribution in [0.2, 0.25) is 0 Å². The van der Waals surface area contributed by atoms with Gasteiger partial charge >= 0.3 is 0 Å². The van der Waals surface area contributed by atoms with E-state index in [-0.39, 0.29) is 31.1 Å². The normalized spacial score (nSPS) is 12.4. The summed E-state index contributed by atoms with van der Waals surface area (Å²) in [5.74, 6) is -0.341. The van der Waals surface area contributed by atoms with Crippen LogP contribution in [0.3, 0.4) is 0 Å². The van der Waals surface area contributed by atoms with Crippen LogP contribution in [0.15, 0.2) is 35.4 Å². The van der Waals surface area contributed by atoms with E-state index >= 15 is 0 Å². The summed E-state index contributed by atoms with van der Waals surface area (Å²) < 4.78 is 20.0. The van der Waals surface area contributed by atoms with Crippen molar-refractivity contribution in [3.05, 3.63) is 63.6 Å². The van der Waals surface area contributed by atoms with Crippen molar-refractivity contribution in [1.82, 2.24) is 9.55 Å². The van der Waals surface area contributed by atoms with E-state index in [0.717, 1.165) is 0 Å². The lowest BCUT2D eigenvalue weighted by Crippen LogP contribution is -2.31. The minimum Gasteiger partial charge on any atom is -0.389 e. The van der Waals surface area contributed by atoms with Crippen LogP contribution in [0.5, 0.6) is 0 Å². The number of nitrogens with zero attached hydrogens (tertiary/aromatic N) is 2. The average molecular weight is 306 g/mol. The second-order valence-electron chi connectivity index (χ2n) is 5.17. The molecule has 1 heterocycles. The highest BCUT2D eigenvalue weighted by atomic mass is 19.1. The van der Waals surface area contributed by atoms with Crippen molar-refractivity contribution in [2.75, 3.05) is 6.61 Å². The van der Waals surface area contributed by atoms with E-state index in [9.17, 15) is 14.3 Å². The van der Waals surface area contributed by atoms with Crippen molar-refractivity contribution in [3.8, 4) is 0 Å². The summed E-state index contributed by atoms with van der Waals surface area (Å²) in [7, 11) is 0. The van der Waals surface area contributed by atoms with E-state index in [2.05, 4.69) is 4.98 Å². The maximum atomic E-state index is 13.4. The summed E-state index contributed by atoms with van der Waals surface area (Å²) in [4.78, 5) is 16.1. The fourth-order valence-electron chi connectivity index (χ4n) is 2.01. The fourth-order valence-corrected chi connectivity index (χ4v) is 2.01. The Kier molecular flexibility index (Phi) is 5.41. The highest BCUT2D eigenvalue weighted by molar-refractivity contribution is 5.16. The summed E-state index contributed by atoms with van der Waals surface area (Å²) in [6.07, 6.45) is 0.540. The maximum Gasteiger partial charge on any atom is 0.256 e. The zero-order chi connectivity index (χ0) is 16.1. The number of aromatic nitrogens is 2. The highest BCUT2D eigenvalue weighted by Gasteiger charge is 2.10. The van der Waals surface area contributed by atoms with Crippen LogP contribution in [0.1, 0.15) is 16.8 Å². The number of benzene rings is 1. The molecule has 0 fully saturated rings. The predicted octanol–water partition coefficient (Wildman–Crippen LogP) is 1.58. The second kappa shape index (κ2) is 7.29. The van der Waals surface area contributed by atoms with Crippen LogP contribution in [-0.2, 0) is 17.9 Å². The Bertz CT molecular complexity index is 700. The molecule has 22 heavy (non-hydrogen) atoms. The van der Waals surface area contributed by atoms with Crippen molar-refractivity contribution in [2.45, 2.75) is 33.1 Å².